The number of isocyanates is 4. The second-order valence-electron chi connectivity index (χ2n) is 6.94. The Morgan fingerprint density at radius 1 is 0.556 bits per heavy atom. The van der Waals surface area contributed by atoms with Gasteiger partial charge >= 0.3 is 0 Å². The highest BCUT2D eigenvalue weighted by atomic mass is 16.5. The minimum Gasteiger partial charge on any atom is -0.394 e. The van der Waals surface area contributed by atoms with E-state index in [1.54, 1.807) is 0 Å². The summed E-state index contributed by atoms with van der Waals surface area (Å²) in [7, 11) is 0. The number of aliphatic imine (C=N–C) groups is 4. The smallest absolute Gasteiger partial charge is 0.235 e. The minimum absolute atomic E-state index is 0.0432. The van der Waals surface area contributed by atoms with Gasteiger partial charge in [0.2, 0.25) is 24.3 Å². The number of rotatable bonds is 24. The van der Waals surface area contributed by atoms with Crippen LogP contribution < -0.4 is 0 Å². The Kier molecular flexibility index (Phi) is 29.8. The molecule has 0 saturated heterocycles. The number of nitrogens with zero attached hydrogens (tertiary/aromatic N) is 4. The first-order chi connectivity index (χ1) is 17.6. The Labute approximate surface area is 210 Å². The molecule has 14 nitrogen and oxygen atoms in total. The summed E-state index contributed by atoms with van der Waals surface area (Å²) in [6.07, 6.45) is 7.63. The quantitative estimate of drug-likeness (QED) is 0.0973. The normalized spacial score (nSPS) is 11.4. The molecule has 0 amide bonds. The van der Waals surface area contributed by atoms with Crippen LogP contribution in [0.1, 0.15) is 25.7 Å². The Balaban J connectivity index is 0. The lowest BCUT2D eigenvalue weighted by Gasteiger charge is -2.27. The zero-order valence-electron chi connectivity index (χ0n) is 20.5. The summed E-state index contributed by atoms with van der Waals surface area (Å²) in [6, 6.07) is 0. The van der Waals surface area contributed by atoms with Crippen LogP contribution in [0.3, 0.4) is 0 Å². The summed E-state index contributed by atoms with van der Waals surface area (Å²) in [5.74, 6) is 0. The van der Waals surface area contributed by atoms with Crippen molar-refractivity contribution in [2.45, 2.75) is 31.3 Å². The van der Waals surface area contributed by atoms with Gasteiger partial charge in [0.05, 0.1) is 91.2 Å². The highest BCUT2D eigenvalue weighted by Crippen LogP contribution is 2.20. The number of ether oxygens (including phenoxy) is 4. The zero-order valence-corrected chi connectivity index (χ0v) is 20.5. The van der Waals surface area contributed by atoms with Crippen molar-refractivity contribution in [3.05, 3.63) is 0 Å². The maximum absolute atomic E-state index is 10.5. The van der Waals surface area contributed by atoms with Crippen molar-refractivity contribution in [2.24, 2.45) is 20.0 Å². The second-order valence-corrected chi connectivity index (χ2v) is 6.94. The zero-order chi connectivity index (χ0) is 27.0. The number of carbonyl (C=O) groups excluding carboxylic acids is 4. The van der Waals surface area contributed by atoms with Crippen molar-refractivity contribution >= 4 is 24.3 Å². The third-order valence-electron chi connectivity index (χ3n) is 4.13. The predicted molar refractivity (Wildman–Crippen MR) is 126 cm³/mol. The largest absolute Gasteiger partial charge is 0.394 e. The van der Waals surface area contributed by atoms with Crippen molar-refractivity contribution in [1.29, 1.82) is 0 Å². The van der Waals surface area contributed by atoms with E-state index in [2.05, 4.69) is 20.0 Å². The summed E-state index contributed by atoms with van der Waals surface area (Å²) in [4.78, 5) is 52.8. The van der Waals surface area contributed by atoms with Crippen molar-refractivity contribution in [3.8, 4) is 0 Å². The second kappa shape index (κ2) is 30.3. The molecule has 2 N–H and O–H groups in total. The molecule has 0 aliphatic heterocycles. The molecular formula is C22H36N4O10. The molecule has 0 bridgehead atoms. The van der Waals surface area contributed by atoms with E-state index >= 15 is 0 Å². The van der Waals surface area contributed by atoms with Crippen LogP contribution >= 0.6 is 0 Å². The van der Waals surface area contributed by atoms with Crippen molar-refractivity contribution < 1.29 is 48.3 Å². The van der Waals surface area contributed by atoms with E-state index < -0.39 is 5.60 Å². The molecule has 204 valence electrons. The molecule has 0 aliphatic rings. The fraction of sp³-hybridized carbons (Fsp3) is 0.818. The standard InChI is InChI=1S/C14H24N2O6.C8H12N2O4/c17-7-8-21-9-10-22-11-14(20,3-1-5-15-12-18)4-2-6-16-13-19;11-7-9-1-3-13-5-6-14-4-2-10-8-12/h17,20H,1-11H2;1-6H2. The highest BCUT2D eigenvalue weighted by molar-refractivity contribution is 5.33. The Hall–Kier alpha value is -2.72. The van der Waals surface area contributed by atoms with E-state index in [0.29, 0.717) is 91.5 Å². The van der Waals surface area contributed by atoms with Gasteiger partial charge in [0, 0.05) is 0 Å². The minimum atomic E-state index is -1.06. The van der Waals surface area contributed by atoms with E-state index in [1.165, 1.54) is 24.3 Å². The summed E-state index contributed by atoms with van der Waals surface area (Å²) in [6.45, 7) is 3.83. The molecule has 36 heavy (non-hydrogen) atoms. The van der Waals surface area contributed by atoms with E-state index in [0.717, 1.165) is 0 Å². The van der Waals surface area contributed by atoms with E-state index in [4.69, 9.17) is 24.1 Å². The highest BCUT2D eigenvalue weighted by Gasteiger charge is 2.26. The Morgan fingerprint density at radius 2 is 0.944 bits per heavy atom. The SMILES string of the molecule is O=C=NCCCC(O)(CCCN=C=O)COCCOCCO.O=C=NCCOCCOCCN=C=O. The average molecular weight is 517 g/mol. The van der Waals surface area contributed by atoms with Crippen LogP contribution in [0.2, 0.25) is 0 Å². The number of hydrogen-bond acceptors (Lipinski definition) is 14. The third kappa shape index (κ3) is 29.3. The number of hydrogen-bond donors (Lipinski definition) is 2. The predicted octanol–water partition coefficient (Wildman–Crippen LogP) is -0.334. The lowest BCUT2D eigenvalue weighted by atomic mass is 9.93. The summed E-state index contributed by atoms with van der Waals surface area (Å²) < 4.78 is 20.5. The molecule has 0 heterocycles. The van der Waals surface area contributed by atoms with Gasteiger partial charge < -0.3 is 29.2 Å². The van der Waals surface area contributed by atoms with Crippen molar-refractivity contribution in [3.63, 3.8) is 0 Å². The topological polar surface area (TPSA) is 195 Å². The maximum Gasteiger partial charge on any atom is 0.235 e. The molecule has 0 atom stereocenters. The van der Waals surface area contributed by atoms with Gasteiger partial charge in [0.1, 0.15) is 0 Å². The van der Waals surface area contributed by atoms with Crippen LogP contribution in [0.25, 0.3) is 0 Å². The molecule has 0 aliphatic carbocycles. The molecule has 0 unspecified atom stereocenters. The molecule has 0 radical (unpaired) electrons. The molecule has 14 heteroatoms. The molecule has 0 saturated carbocycles. The number of aliphatic hydroxyl groups is 2. The molecule has 0 aromatic heterocycles. The van der Waals surface area contributed by atoms with Crippen LogP contribution in [0.5, 0.6) is 0 Å². The first-order valence-electron chi connectivity index (χ1n) is 11.4. The fourth-order valence-electron chi connectivity index (χ4n) is 2.52. The van der Waals surface area contributed by atoms with E-state index in [-0.39, 0.29) is 19.8 Å². The van der Waals surface area contributed by atoms with Gasteiger partial charge in [-0.15, -0.1) is 0 Å². The van der Waals surface area contributed by atoms with Crippen LogP contribution in [0, 0.1) is 0 Å². The molecule has 0 aromatic rings. The first-order valence-corrected chi connectivity index (χ1v) is 11.4. The van der Waals surface area contributed by atoms with Crippen LogP contribution in [-0.4, -0.2) is 126 Å². The van der Waals surface area contributed by atoms with E-state index in [1.807, 2.05) is 0 Å². The molecule has 0 aromatic carbocycles. The Bertz CT molecular complexity index is 651. The molecule has 0 spiro atoms. The maximum atomic E-state index is 10.5. The van der Waals surface area contributed by atoms with Gasteiger partial charge in [0.15, 0.2) is 0 Å². The van der Waals surface area contributed by atoms with Crippen LogP contribution in [-0.2, 0) is 38.1 Å². The summed E-state index contributed by atoms with van der Waals surface area (Å²) in [5, 5.41) is 19.1. The summed E-state index contributed by atoms with van der Waals surface area (Å²) in [5.41, 5.74) is -1.06. The summed E-state index contributed by atoms with van der Waals surface area (Å²) >= 11 is 0. The molecular weight excluding hydrogens is 480 g/mol. The van der Waals surface area contributed by atoms with Gasteiger partial charge in [-0.25, -0.2) is 39.1 Å². The third-order valence-corrected chi connectivity index (χ3v) is 4.13. The molecule has 0 rings (SSSR count). The van der Waals surface area contributed by atoms with Gasteiger partial charge in [-0.1, -0.05) is 0 Å². The van der Waals surface area contributed by atoms with Crippen molar-refractivity contribution in [2.75, 3.05) is 85.6 Å². The molecule has 0 fully saturated rings. The van der Waals surface area contributed by atoms with Gasteiger partial charge in [-0.2, -0.15) is 0 Å². The fourth-order valence-corrected chi connectivity index (χ4v) is 2.52. The van der Waals surface area contributed by atoms with E-state index in [9.17, 15) is 24.3 Å². The van der Waals surface area contributed by atoms with Gasteiger partial charge in [-0.05, 0) is 25.7 Å². The van der Waals surface area contributed by atoms with Crippen LogP contribution in [0.4, 0.5) is 0 Å². The Morgan fingerprint density at radius 3 is 1.36 bits per heavy atom. The monoisotopic (exact) mass is 516 g/mol. The van der Waals surface area contributed by atoms with Gasteiger partial charge in [0.25, 0.3) is 0 Å². The van der Waals surface area contributed by atoms with Crippen LogP contribution in [0.15, 0.2) is 20.0 Å². The number of aliphatic hydroxyl groups excluding tert-OH is 1. The lowest BCUT2D eigenvalue weighted by molar-refractivity contribution is -0.0696. The average Bonchev–Trinajstić information content (AvgIpc) is 2.88. The van der Waals surface area contributed by atoms with Gasteiger partial charge in [-0.3, -0.25) is 0 Å². The van der Waals surface area contributed by atoms with Crippen molar-refractivity contribution in [1.82, 2.24) is 0 Å². The lowest BCUT2D eigenvalue weighted by Crippen LogP contribution is -2.35. The first kappa shape index (κ1) is 35.4.